The van der Waals surface area contributed by atoms with Gasteiger partial charge < -0.3 is 4.42 Å². The summed E-state index contributed by atoms with van der Waals surface area (Å²) in [5, 5.41) is 2.52. The van der Waals surface area contributed by atoms with E-state index in [9.17, 15) is 0 Å². The molecule has 212 valence electrons. The monoisotopic (exact) mass is 568 g/mol. The van der Waals surface area contributed by atoms with Gasteiger partial charge in [0, 0.05) is 27.4 Å². The van der Waals surface area contributed by atoms with Gasteiger partial charge in [-0.1, -0.05) is 72.8 Å². The smallest absolute Gasteiger partial charge is 0.146 e. The van der Waals surface area contributed by atoms with Crippen molar-refractivity contribution in [1.82, 2.24) is 9.55 Å². The fourth-order valence-electron chi connectivity index (χ4n) is 10.8. The third kappa shape index (κ3) is 2.82. The lowest BCUT2D eigenvalue weighted by Gasteiger charge is -2.61. The number of benzene rings is 5. The number of aromatic nitrogens is 2. The Morgan fingerprint density at radius 2 is 1.36 bits per heavy atom. The van der Waals surface area contributed by atoms with Crippen LogP contribution in [0.5, 0.6) is 0 Å². The Kier molecular flexibility index (Phi) is 4.48. The maximum atomic E-state index is 6.50. The molecule has 0 N–H and O–H groups in total. The van der Waals surface area contributed by atoms with Crippen LogP contribution in [0.2, 0.25) is 0 Å². The van der Waals surface area contributed by atoms with Gasteiger partial charge in [-0.25, -0.2) is 4.98 Å². The lowest BCUT2D eigenvalue weighted by atomic mass is 9.43. The third-order valence-corrected chi connectivity index (χ3v) is 12.0. The van der Waals surface area contributed by atoms with Gasteiger partial charge in [-0.05, 0) is 114 Å². The Bertz CT molecular complexity index is 2280. The summed E-state index contributed by atoms with van der Waals surface area (Å²) in [6.45, 7) is 0. The van der Waals surface area contributed by atoms with Gasteiger partial charge in [0.2, 0.25) is 0 Å². The second-order valence-corrected chi connectivity index (χ2v) is 14.0. The van der Waals surface area contributed by atoms with Crippen molar-refractivity contribution in [3.8, 4) is 28.2 Å². The molecule has 1 spiro atoms. The van der Waals surface area contributed by atoms with Gasteiger partial charge in [-0.15, -0.1) is 0 Å². The van der Waals surface area contributed by atoms with Gasteiger partial charge in [0.1, 0.15) is 17.0 Å². The van der Waals surface area contributed by atoms with Crippen molar-refractivity contribution in [2.45, 2.75) is 37.5 Å². The highest BCUT2D eigenvalue weighted by Gasteiger charge is 2.62. The molecule has 2 heterocycles. The van der Waals surface area contributed by atoms with E-state index in [1.165, 1.54) is 65.1 Å². The minimum atomic E-state index is 0.000889. The molecule has 0 radical (unpaired) electrons. The average Bonchev–Trinajstić information content (AvgIpc) is 3.72. The Hall–Kier alpha value is -4.63. The molecule has 0 saturated heterocycles. The van der Waals surface area contributed by atoms with Crippen LogP contribution in [0.3, 0.4) is 0 Å². The van der Waals surface area contributed by atoms with Gasteiger partial charge in [-0.3, -0.25) is 4.57 Å². The first-order valence-electron chi connectivity index (χ1n) is 16.4. The summed E-state index contributed by atoms with van der Waals surface area (Å²) in [5.41, 5.74) is 12.5. The maximum absolute atomic E-state index is 6.50. The van der Waals surface area contributed by atoms with Crippen LogP contribution in [0.4, 0.5) is 0 Å². The molecule has 44 heavy (non-hydrogen) atoms. The van der Waals surface area contributed by atoms with E-state index in [2.05, 4.69) is 114 Å². The van der Waals surface area contributed by atoms with E-state index in [1.807, 2.05) is 0 Å². The van der Waals surface area contributed by atoms with Crippen LogP contribution in [0.25, 0.3) is 61.2 Å². The number of furan rings is 1. The van der Waals surface area contributed by atoms with Crippen LogP contribution < -0.4 is 0 Å². The Morgan fingerprint density at radius 3 is 2.20 bits per heavy atom. The summed E-state index contributed by atoms with van der Waals surface area (Å²) in [7, 11) is 0. The first kappa shape index (κ1) is 23.8. The van der Waals surface area contributed by atoms with Crippen LogP contribution >= 0.6 is 0 Å². The van der Waals surface area contributed by atoms with E-state index in [0.717, 1.165) is 45.5 Å². The molecule has 0 amide bonds. The van der Waals surface area contributed by atoms with Crippen LogP contribution in [-0.2, 0) is 5.41 Å². The second kappa shape index (κ2) is 8.30. The minimum absolute atomic E-state index is 0.000889. The molecule has 7 aromatic rings. The topological polar surface area (TPSA) is 31.0 Å². The average molecular weight is 569 g/mol. The van der Waals surface area contributed by atoms with Crippen molar-refractivity contribution >= 4 is 33.0 Å². The number of nitrogens with zero attached hydrogens (tertiary/aromatic N) is 2. The molecule has 2 aromatic heterocycles. The molecule has 3 nitrogen and oxygen atoms in total. The predicted octanol–water partition coefficient (Wildman–Crippen LogP) is 10.3. The van der Waals surface area contributed by atoms with Gasteiger partial charge in [0.05, 0.1) is 11.0 Å². The summed E-state index contributed by atoms with van der Waals surface area (Å²) < 4.78 is 8.91. The number of hydrogen-bond donors (Lipinski definition) is 0. The molecule has 0 unspecified atom stereocenters. The number of hydrogen-bond acceptors (Lipinski definition) is 2. The molecule has 4 fully saturated rings. The molecule has 3 heteroatoms. The molecule has 12 rings (SSSR count). The summed E-state index contributed by atoms with van der Waals surface area (Å²) in [6, 6.07) is 39.9. The molecule has 5 aromatic carbocycles. The Morgan fingerprint density at radius 1 is 0.636 bits per heavy atom. The van der Waals surface area contributed by atoms with Gasteiger partial charge in [0.25, 0.3) is 0 Å². The van der Waals surface area contributed by atoms with Crippen molar-refractivity contribution in [3.05, 3.63) is 120 Å². The number of imidazole rings is 1. The lowest BCUT2D eigenvalue weighted by molar-refractivity contribution is -0.0397. The zero-order valence-corrected chi connectivity index (χ0v) is 24.5. The van der Waals surface area contributed by atoms with Gasteiger partial charge in [0.15, 0.2) is 0 Å². The molecular weight excluding hydrogens is 536 g/mol. The fraction of sp³-hybridized carbons (Fsp3) is 0.244. The van der Waals surface area contributed by atoms with Crippen molar-refractivity contribution in [2.24, 2.45) is 23.7 Å². The molecule has 0 atom stereocenters. The SMILES string of the molecule is c1ccc(-n2c(-c3cccc4c3C3(c5ccc6oc7ccccc7c6c5-4)C4CC5CC(C4)CC3C5)nc3ccccc32)cc1. The Balaban J connectivity index is 1.29. The molecule has 4 saturated carbocycles. The highest BCUT2D eigenvalue weighted by atomic mass is 16.3. The minimum Gasteiger partial charge on any atom is -0.456 e. The van der Waals surface area contributed by atoms with E-state index in [-0.39, 0.29) is 5.41 Å². The van der Waals surface area contributed by atoms with Crippen molar-refractivity contribution < 1.29 is 4.42 Å². The first-order chi connectivity index (χ1) is 21.8. The highest BCUT2D eigenvalue weighted by molar-refractivity contribution is 6.15. The zero-order valence-electron chi connectivity index (χ0n) is 24.5. The van der Waals surface area contributed by atoms with Crippen molar-refractivity contribution in [2.75, 3.05) is 0 Å². The van der Waals surface area contributed by atoms with Crippen molar-refractivity contribution in [1.29, 1.82) is 0 Å². The normalized spacial score (nSPS) is 26.3. The standard InChI is InChI=1S/C41H32N2O/c1-2-9-28(10-3-1)43-34-15-6-5-14-33(34)42-40(43)31-13-8-12-30-37-32(17-18-36-38(37)29-11-4-7-16-35(29)44-36)41(39(30)31)26-20-24-19-25(22-26)23-27(41)21-24/h1-18,24-27H,19-23H2. The lowest BCUT2D eigenvalue weighted by Crippen LogP contribution is -2.55. The molecular formula is C41H32N2O. The van der Waals surface area contributed by atoms with Gasteiger partial charge >= 0.3 is 0 Å². The molecule has 5 aliphatic carbocycles. The number of para-hydroxylation sites is 4. The largest absolute Gasteiger partial charge is 0.456 e. The maximum Gasteiger partial charge on any atom is 0.146 e. The van der Waals surface area contributed by atoms with E-state index >= 15 is 0 Å². The van der Waals surface area contributed by atoms with E-state index in [4.69, 9.17) is 9.40 Å². The molecule has 0 aliphatic heterocycles. The summed E-state index contributed by atoms with van der Waals surface area (Å²) in [6.07, 6.45) is 6.83. The van der Waals surface area contributed by atoms with Crippen LogP contribution in [0, 0.1) is 23.7 Å². The summed E-state index contributed by atoms with van der Waals surface area (Å²) >= 11 is 0. The third-order valence-electron chi connectivity index (χ3n) is 12.0. The summed E-state index contributed by atoms with van der Waals surface area (Å²) in [5.74, 6) is 4.14. The zero-order chi connectivity index (χ0) is 28.6. The second-order valence-electron chi connectivity index (χ2n) is 14.0. The van der Waals surface area contributed by atoms with Gasteiger partial charge in [-0.2, -0.15) is 0 Å². The summed E-state index contributed by atoms with van der Waals surface area (Å²) in [4.78, 5) is 5.44. The van der Waals surface area contributed by atoms with Crippen LogP contribution in [0.1, 0.15) is 43.2 Å². The molecule has 4 bridgehead atoms. The van der Waals surface area contributed by atoms with Crippen molar-refractivity contribution in [3.63, 3.8) is 0 Å². The Labute approximate surface area is 256 Å². The van der Waals surface area contributed by atoms with E-state index < -0.39 is 0 Å². The molecule has 5 aliphatic rings. The number of fused-ring (bicyclic) bond motifs is 8. The highest BCUT2D eigenvalue weighted by Crippen LogP contribution is 2.71. The quantitative estimate of drug-likeness (QED) is 0.208. The van der Waals surface area contributed by atoms with E-state index in [0.29, 0.717) is 11.8 Å². The number of rotatable bonds is 2. The fourth-order valence-corrected chi connectivity index (χ4v) is 10.8. The first-order valence-corrected chi connectivity index (χ1v) is 16.4. The predicted molar refractivity (Wildman–Crippen MR) is 177 cm³/mol. The van der Waals surface area contributed by atoms with Crippen LogP contribution in [0.15, 0.2) is 114 Å². The van der Waals surface area contributed by atoms with Crippen LogP contribution in [-0.4, -0.2) is 9.55 Å². The van der Waals surface area contributed by atoms with E-state index in [1.54, 1.807) is 5.56 Å².